The summed E-state index contributed by atoms with van der Waals surface area (Å²) in [6.45, 7) is 9.88. The molecular weight excluding hydrogens is 486 g/mol. The van der Waals surface area contributed by atoms with Gasteiger partial charge < -0.3 is 10.2 Å². The first kappa shape index (κ1) is 24.6. The van der Waals surface area contributed by atoms with Crippen LogP contribution in [0.5, 0.6) is 0 Å². The van der Waals surface area contributed by atoms with Crippen LogP contribution in [0.2, 0.25) is 0 Å². The van der Waals surface area contributed by atoms with Crippen molar-refractivity contribution in [2.45, 2.75) is 70.4 Å². The van der Waals surface area contributed by atoms with Crippen LogP contribution in [0.25, 0.3) is 10.8 Å². The van der Waals surface area contributed by atoms with Crippen LogP contribution >= 0.6 is 0 Å². The Balaban J connectivity index is 1.09. The molecule has 3 aliphatic heterocycles. The second-order valence-corrected chi connectivity index (χ2v) is 12.5. The number of anilines is 1. The van der Waals surface area contributed by atoms with Gasteiger partial charge in [-0.1, -0.05) is 38.1 Å². The van der Waals surface area contributed by atoms with E-state index in [-0.39, 0.29) is 11.8 Å². The van der Waals surface area contributed by atoms with Gasteiger partial charge in [-0.15, -0.1) is 0 Å². The summed E-state index contributed by atoms with van der Waals surface area (Å²) in [5.41, 5.74) is 5.14. The highest BCUT2D eigenvalue weighted by atomic mass is 16.2. The number of carbonyl (C=O) groups is 2. The first-order valence-corrected chi connectivity index (χ1v) is 14.5. The zero-order valence-electron chi connectivity index (χ0n) is 22.8. The summed E-state index contributed by atoms with van der Waals surface area (Å²) in [7, 11) is 0. The van der Waals surface area contributed by atoms with Crippen LogP contribution in [0.1, 0.15) is 79.4 Å². The number of likely N-dealkylation sites (tertiary alicyclic amines) is 1. The Bertz CT molecular complexity index is 1480. The van der Waals surface area contributed by atoms with Crippen molar-refractivity contribution in [2.75, 3.05) is 24.5 Å². The van der Waals surface area contributed by atoms with E-state index in [1.54, 1.807) is 4.90 Å². The first-order chi connectivity index (χ1) is 18.9. The summed E-state index contributed by atoms with van der Waals surface area (Å²) in [4.78, 5) is 30.6. The molecular formula is C32H37N5O2. The van der Waals surface area contributed by atoms with Gasteiger partial charge in [0.15, 0.2) is 0 Å². The summed E-state index contributed by atoms with van der Waals surface area (Å²) >= 11 is 0. The molecule has 39 heavy (non-hydrogen) atoms. The van der Waals surface area contributed by atoms with Gasteiger partial charge in [0, 0.05) is 48.9 Å². The SMILES string of the molecule is C=C1CCC(N2C(=O)c3cccc4c(Cc5cnn(C6CCN(CC7(C)CCC7)CC6)c5)ccc2c34)C(=O)N1. The maximum absolute atomic E-state index is 13.5. The summed E-state index contributed by atoms with van der Waals surface area (Å²) in [6.07, 6.45) is 12.7. The lowest BCUT2D eigenvalue weighted by Gasteiger charge is -2.44. The number of hydrogen-bond donors (Lipinski definition) is 1. The van der Waals surface area contributed by atoms with E-state index in [9.17, 15) is 9.59 Å². The molecule has 2 aromatic carbocycles. The molecule has 1 saturated carbocycles. The van der Waals surface area contributed by atoms with E-state index in [0.29, 0.717) is 29.9 Å². The molecule has 1 atom stereocenters. The summed E-state index contributed by atoms with van der Waals surface area (Å²) in [6, 6.07) is 10.0. The van der Waals surface area contributed by atoms with Gasteiger partial charge in [-0.05, 0) is 72.6 Å². The highest BCUT2D eigenvalue weighted by Gasteiger charge is 2.40. The normalized spacial score (nSPS) is 23.4. The van der Waals surface area contributed by atoms with E-state index in [4.69, 9.17) is 5.10 Å². The van der Waals surface area contributed by atoms with Gasteiger partial charge >= 0.3 is 0 Å². The first-order valence-electron chi connectivity index (χ1n) is 14.5. The molecule has 1 N–H and O–H groups in total. The minimum atomic E-state index is -0.509. The summed E-state index contributed by atoms with van der Waals surface area (Å²) < 4.78 is 2.18. The standard InChI is InChI=1S/C32H37N5O2/c1-21-7-9-28(30(38)34-21)37-27-10-8-23(25-5-3-6-26(29(25)27)31(37)39)17-22-18-33-36(19-22)24-11-15-35(16-12-24)20-32(2)13-4-14-32/h3,5-6,8,10,18-19,24,28H,1,4,7,9,11-17,20H2,2H3,(H,34,38). The van der Waals surface area contributed by atoms with Crippen LogP contribution in [0.4, 0.5) is 5.69 Å². The fraction of sp³-hybridized carbons (Fsp3) is 0.469. The lowest BCUT2D eigenvalue weighted by molar-refractivity contribution is -0.122. The van der Waals surface area contributed by atoms with Crippen LogP contribution in [-0.2, 0) is 11.2 Å². The zero-order chi connectivity index (χ0) is 26.7. The Morgan fingerprint density at radius 2 is 1.92 bits per heavy atom. The van der Waals surface area contributed by atoms with Gasteiger partial charge in [0.2, 0.25) is 5.91 Å². The molecule has 7 nitrogen and oxygen atoms in total. The third-order valence-corrected chi connectivity index (χ3v) is 9.60. The monoisotopic (exact) mass is 523 g/mol. The lowest BCUT2D eigenvalue weighted by atomic mass is 9.70. The number of carbonyl (C=O) groups excluding carboxylic acids is 2. The molecule has 3 aromatic rings. The number of nitrogens with zero attached hydrogens (tertiary/aromatic N) is 4. The molecule has 0 bridgehead atoms. The number of nitrogens with one attached hydrogen (secondary N) is 1. The van der Waals surface area contributed by atoms with E-state index in [0.717, 1.165) is 54.5 Å². The van der Waals surface area contributed by atoms with E-state index < -0.39 is 6.04 Å². The van der Waals surface area contributed by atoms with Crippen molar-refractivity contribution in [1.29, 1.82) is 0 Å². The van der Waals surface area contributed by atoms with Crippen molar-refractivity contribution in [3.63, 3.8) is 0 Å². The predicted octanol–water partition coefficient (Wildman–Crippen LogP) is 5.21. The number of piperidine rings is 2. The topological polar surface area (TPSA) is 70.5 Å². The smallest absolute Gasteiger partial charge is 0.259 e. The van der Waals surface area contributed by atoms with Crippen molar-refractivity contribution < 1.29 is 9.59 Å². The molecule has 3 fully saturated rings. The molecule has 0 spiro atoms. The fourth-order valence-corrected chi connectivity index (χ4v) is 7.25. The van der Waals surface area contributed by atoms with Crippen LogP contribution in [0.3, 0.4) is 0 Å². The van der Waals surface area contributed by atoms with Crippen LogP contribution in [0.15, 0.2) is 55.0 Å². The van der Waals surface area contributed by atoms with Gasteiger partial charge in [-0.2, -0.15) is 5.10 Å². The molecule has 202 valence electrons. The number of rotatable bonds is 6. The molecule has 1 aliphatic carbocycles. The van der Waals surface area contributed by atoms with E-state index in [1.807, 2.05) is 24.4 Å². The van der Waals surface area contributed by atoms with E-state index >= 15 is 0 Å². The van der Waals surface area contributed by atoms with Gasteiger partial charge in [0.1, 0.15) is 6.04 Å². The quantitative estimate of drug-likeness (QED) is 0.482. The highest BCUT2D eigenvalue weighted by Crippen LogP contribution is 2.43. The molecule has 7 heteroatoms. The highest BCUT2D eigenvalue weighted by molar-refractivity contribution is 6.27. The maximum atomic E-state index is 13.5. The number of amides is 2. The van der Waals surface area contributed by atoms with Crippen molar-refractivity contribution in [2.24, 2.45) is 5.41 Å². The Labute approximate surface area is 229 Å². The maximum Gasteiger partial charge on any atom is 0.259 e. The van der Waals surface area contributed by atoms with Crippen molar-refractivity contribution in [3.05, 3.63) is 71.7 Å². The fourth-order valence-electron chi connectivity index (χ4n) is 7.25. The van der Waals surface area contributed by atoms with E-state index in [2.05, 4.69) is 46.7 Å². The molecule has 1 aromatic heterocycles. The average Bonchev–Trinajstić information content (AvgIpc) is 3.49. The Kier molecular flexibility index (Phi) is 5.88. The third-order valence-electron chi connectivity index (χ3n) is 9.60. The Hall–Kier alpha value is -3.45. The summed E-state index contributed by atoms with van der Waals surface area (Å²) in [5.74, 6) is -0.244. The molecule has 0 radical (unpaired) electrons. The second-order valence-electron chi connectivity index (χ2n) is 12.5. The molecule has 2 amide bonds. The van der Waals surface area contributed by atoms with Crippen molar-refractivity contribution >= 4 is 28.3 Å². The van der Waals surface area contributed by atoms with E-state index in [1.165, 1.54) is 36.9 Å². The van der Waals surface area contributed by atoms with Crippen LogP contribution in [-0.4, -0.2) is 52.2 Å². The molecule has 4 aliphatic rings. The van der Waals surface area contributed by atoms with Gasteiger partial charge in [0.05, 0.1) is 17.9 Å². The zero-order valence-corrected chi connectivity index (χ0v) is 22.8. The molecule has 2 saturated heterocycles. The average molecular weight is 524 g/mol. The minimum Gasteiger partial charge on any atom is -0.329 e. The number of hydrogen-bond acceptors (Lipinski definition) is 4. The van der Waals surface area contributed by atoms with Crippen LogP contribution < -0.4 is 10.2 Å². The Morgan fingerprint density at radius 3 is 2.67 bits per heavy atom. The minimum absolute atomic E-state index is 0.0918. The lowest BCUT2D eigenvalue weighted by Crippen LogP contribution is -2.51. The molecule has 1 unspecified atom stereocenters. The molecule has 4 heterocycles. The van der Waals surface area contributed by atoms with Gasteiger partial charge in [0.25, 0.3) is 5.91 Å². The van der Waals surface area contributed by atoms with Gasteiger partial charge in [-0.3, -0.25) is 19.2 Å². The van der Waals surface area contributed by atoms with Crippen LogP contribution in [0, 0.1) is 5.41 Å². The summed E-state index contributed by atoms with van der Waals surface area (Å²) in [5, 5.41) is 9.64. The largest absolute Gasteiger partial charge is 0.329 e. The molecule has 7 rings (SSSR count). The number of allylic oxidation sites excluding steroid dienone is 1. The van der Waals surface area contributed by atoms with Crippen molar-refractivity contribution in [3.8, 4) is 0 Å². The van der Waals surface area contributed by atoms with Crippen molar-refractivity contribution in [1.82, 2.24) is 20.0 Å². The number of aromatic nitrogens is 2. The predicted molar refractivity (Wildman–Crippen MR) is 153 cm³/mol. The second kappa shape index (κ2) is 9.33. The van der Waals surface area contributed by atoms with Gasteiger partial charge in [-0.25, -0.2) is 0 Å². The third kappa shape index (κ3) is 4.27. The Morgan fingerprint density at radius 1 is 1.10 bits per heavy atom. The number of benzene rings is 2.